The molecule has 0 saturated carbocycles. The normalized spacial score (nSPS) is 10.4. The van der Waals surface area contributed by atoms with Crippen molar-refractivity contribution in [3.05, 3.63) is 40.7 Å². The van der Waals surface area contributed by atoms with Gasteiger partial charge < -0.3 is 9.97 Å². The number of nitrogens with one attached hydrogen (secondary N) is 2. The van der Waals surface area contributed by atoms with E-state index in [4.69, 9.17) is 0 Å². The van der Waals surface area contributed by atoms with Crippen molar-refractivity contribution in [2.45, 2.75) is 13.3 Å². The number of nitrogens with zero attached hydrogens (tertiary/aromatic N) is 1. The van der Waals surface area contributed by atoms with Crippen LogP contribution in [0.1, 0.15) is 12.6 Å². The van der Waals surface area contributed by atoms with E-state index < -0.39 is 0 Å². The maximum absolute atomic E-state index is 11.1. The number of pyridine rings is 1. The summed E-state index contributed by atoms with van der Waals surface area (Å²) in [5.41, 5.74) is 2.62. The third-order valence-corrected chi connectivity index (χ3v) is 2.13. The SMILES string of the molecule is CCc1[nH]c(=O)[nH]c1-c1ccncc1. The first-order chi connectivity index (χ1) is 6.81. The number of aromatic amines is 2. The van der Waals surface area contributed by atoms with Crippen LogP contribution >= 0.6 is 0 Å². The number of aromatic nitrogens is 3. The Morgan fingerprint density at radius 1 is 1.29 bits per heavy atom. The maximum Gasteiger partial charge on any atom is 0.323 e. The van der Waals surface area contributed by atoms with Gasteiger partial charge in [0.2, 0.25) is 0 Å². The number of hydrogen-bond acceptors (Lipinski definition) is 2. The molecule has 0 aromatic carbocycles. The van der Waals surface area contributed by atoms with Crippen LogP contribution in [0, 0.1) is 0 Å². The lowest BCUT2D eigenvalue weighted by Gasteiger charge is -1.99. The third-order valence-electron chi connectivity index (χ3n) is 2.13. The van der Waals surface area contributed by atoms with Gasteiger partial charge in [0, 0.05) is 23.7 Å². The minimum atomic E-state index is -0.159. The standard InChI is InChI=1S/C10H11N3O/c1-2-8-9(13-10(14)12-8)7-3-5-11-6-4-7/h3-6H,2H2,1H3,(H2,12,13,14). The van der Waals surface area contributed by atoms with E-state index in [1.165, 1.54) is 0 Å². The molecule has 0 aliphatic carbocycles. The summed E-state index contributed by atoms with van der Waals surface area (Å²) in [5, 5.41) is 0. The average Bonchev–Trinajstić information content (AvgIpc) is 2.61. The van der Waals surface area contributed by atoms with E-state index in [9.17, 15) is 4.79 Å². The fraction of sp³-hybridized carbons (Fsp3) is 0.200. The largest absolute Gasteiger partial charge is 0.323 e. The quantitative estimate of drug-likeness (QED) is 0.748. The number of rotatable bonds is 2. The van der Waals surface area contributed by atoms with Gasteiger partial charge in [0.15, 0.2) is 0 Å². The van der Waals surface area contributed by atoms with Crippen LogP contribution in [0.4, 0.5) is 0 Å². The van der Waals surface area contributed by atoms with Crippen molar-refractivity contribution in [1.82, 2.24) is 15.0 Å². The second-order valence-corrected chi connectivity index (χ2v) is 3.02. The summed E-state index contributed by atoms with van der Waals surface area (Å²) < 4.78 is 0. The highest BCUT2D eigenvalue weighted by atomic mass is 16.1. The van der Waals surface area contributed by atoms with E-state index in [1.807, 2.05) is 19.1 Å². The van der Waals surface area contributed by atoms with Crippen LogP contribution in [0.5, 0.6) is 0 Å². The highest BCUT2D eigenvalue weighted by molar-refractivity contribution is 5.60. The Labute approximate surface area is 81.0 Å². The van der Waals surface area contributed by atoms with Crippen LogP contribution in [-0.2, 0) is 6.42 Å². The number of hydrogen-bond donors (Lipinski definition) is 2. The monoisotopic (exact) mass is 189 g/mol. The number of aryl methyl sites for hydroxylation is 1. The van der Waals surface area contributed by atoms with E-state index in [0.29, 0.717) is 0 Å². The topological polar surface area (TPSA) is 61.5 Å². The van der Waals surface area contributed by atoms with Gasteiger partial charge in [-0.15, -0.1) is 0 Å². The molecular weight excluding hydrogens is 178 g/mol. The molecule has 2 aromatic heterocycles. The highest BCUT2D eigenvalue weighted by Crippen LogP contribution is 2.17. The van der Waals surface area contributed by atoms with Gasteiger partial charge in [-0.1, -0.05) is 6.92 Å². The molecule has 72 valence electrons. The zero-order valence-corrected chi connectivity index (χ0v) is 7.87. The summed E-state index contributed by atoms with van der Waals surface area (Å²) in [7, 11) is 0. The molecule has 0 saturated heterocycles. The summed E-state index contributed by atoms with van der Waals surface area (Å²) in [6, 6.07) is 3.75. The maximum atomic E-state index is 11.1. The van der Waals surface area contributed by atoms with E-state index >= 15 is 0 Å². The van der Waals surface area contributed by atoms with Gasteiger partial charge >= 0.3 is 5.69 Å². The molecule has 2 heterocycles. The zero-order chi connectivity index (χ0) is 9.97. The molecule has 0 radical (unpaired) electrons. The lowest BCUT2D eigenvalue weighted by Crippen LogP contribution is -2.00. The highest BCUT2D eigenvalue weighted by Gasteiger charge is 2.06. The summed E-state index contributed by atoms with van der Waals surface area (Å²) in [6.07, 6.45) is 4.22. The minimum absolute atomic E-state index is 0.159. The Morgan fingerprint density at radius 3 is 2.64 bits per heavy atom. The lowest BCUT2D eigenvalue weighted by atomic mass is 10.1. The van der Waals surface area contributed by atoms with Crippen molar-refractivity contribution in [3.8, 4) is 11.3 Å². The number of imidazole rings is 1. The molecule has 0 bridgehead atoms. The Kier molecular flexibility index (Phi) is 2.18. The molecule has 4 heteroatoms. The van der Waals surface area contributed by atoms with Crippen LogP contribution < -0.4 is 5.69 Å². The summed E-state index contributed by atoms with van der Waals surface area (Å²) in [4.78, 5) is 20.6. The molecule has 0 aliphatic rings. The van der Waals surface area contributed by atoms with Gasteiger partial charge in [-0.05, 0) is 18.6 Å². The summed E-state index contributed by atoms with van der Waals surface area (Å²) in [6.45, 7) is 2.00. The Balaban J connectivity index is 2.56. The fourth-order valence-electron chi connectivity index (χ4n) is 1.45. The molecule has 2 aromatic rings. The summed E-state index contributed by atoms with van der Waals surface area (Å²) in [5.74, 6) is 0. The van der Waals surface area contributed by atoms with Crippen molar-refractivity contribution in [1.29, 1.82) is 0 Å². The molecule has 0 fully saturated rings. The predicted octanol–water partition coefficient (Wildman–Crippen LogP) is 1.33. The second kappa shape index (κ2) is 3.49. The zero-order valence-electron chi connectivity index (χ0n) is 7.87. The molecule has 0 aliphatic heterocycles. The van der Waals surface area contributed by atoms with Gasteiger partial charge in [-0.25, -0.2) is 4.79 Å². The van der Waals surface area contributed by atoms with Gasteiger partial charge in [0.25, 0.3) is 0 Å². The molecule has 0 atom stereocenters. The Bertz CT molecular complexity index is 470. The van der Waals surface area contributed by atoms with Crippen LogP contribution in [0.25, 0.3) is 11.3 Å². The second-order valence-electron chi connectivity index (χ2n) is 3.02. The molecular formula is C10H11N3O. The smallest absolute Gasteiger partial charge is 0.309 e. The first-order valence-corrected chi connectivity index (χ1v) is 4.53. The van der Waals surface area contributed by atoms with E-state index in [-0.39, 0.29) is 5.69 Å². The van der Waals surface area contributed by atoms with Gasteiger partial charge in [-0.3, -0.25) is 4.98 Å². The molecule has 0 unspecified atom stereocenters. The first kappa shape index (κ1) is 8.74. The van der Waals surface area contributed by atoms with Crippen molar-refractivity contribution < 1.29 is 0 Å². The molecule has 0 amide bonds. The van der Waals surface area contributed by atoms with Crippen molar-refractivity contribution in [2.24, 2.45) is 0 Å². The predicted molar refractivity (Wildman–Crippen MR) is 54.0 cm³/mol. The van der Waals surface area contributed by atoms with Gasteiger partial charge in [0.1, 0.15) is 0 Å². The fourth-order valence-corrected chi connectivity index (χ4v) is 1.45. The van der Waals surface area contributed by atoms with Crippen molar-refractivity contribution in [2.75, 3.05) is 0 Å². The van der Waals surface area contributed by atoms with Crippen LogP contribution in [0.3, 0.4) is 0 Å². The average molecular weight is 189 g/mol. The molecule has 2 rings (SSSR count). The molecule has 4 nitrogen and oxygen atoms in total. The van der Waals surface area contributed by atoms with E-state index in [0.717, 1.165) is 23.4 Å². The minimum Gasteiger partial charge on any atom is -0.309 e. The van der Waals surface area contributed by atoms with Crippen molar-refractivity contribution in [3.63, 3.8) is 0 Å². The van der Waals surface area contributed by atoms with E-state index in [2.05, 4.69) is 15.0 Å². The van der Waals surface area contributed by atoms with Gasteiger partial charge in [-0.2, -0.15) is 0 Å². The first-order valence-electron chi connectivity index (χ1n) is 4.53. The Hall–Kier alpha value is -1.84. The Morgan fingerprint density at radius 2 is 2.00 bits per heavy atom. The number of H-pyrrole nitrogens is 2. The molecule has 14 heavy (non-hydrogen) atoms. The lowest BCUT2D eigenvalue weighted by molar-refractivity contribution is 1.05. The molecule has 0 spiro atoms. The molecule has 2 N–H and O–H groups in total. The van der Waals surface area contributed by atoms with E-state index in [1.54, 1.807) is 12.4 Å². The van der Waals surface area contributed by atoms with Crippen LogP contribution in [-0.4, -0.2) is 15.0 Å². The van der Waals surface area contributed by atoms with Crippen LogP contribution in [0.15, 0.2) is 29.3 Å². The summed E-state index contributed by atoms with van der Waals surface area (Å²) >= 11 is 0. The van der Waals surface area contributed by atoms with Crippen molar-refractivity contribution >= 4 is 0 Å². The third kappa shape index (κ3) is 1.46. The van der Waals surface area contributed by atoms with Gasteiger partial charge in [0.05, 0.1) is 5.69 Å². The van der Waals surface area contributed by atoms with Crippen LogP contribution in [0.2, 0.25) is 0 Å².